The third-order valence-corrected chi connectivity index (χ3v) is 6.02. The Bertz CT molecular complexity index is 1150. The molecule has 0 saturated carbocycles. The fraction of sp³-hybridized carbons (Fsp3) is 0.280. The lowest BCUT2D eigenvalue weighted by atomic mass is 9.96. The molecule has 1 unspecified atom stereocenters. The first-order valence-electron chi connectivity index (χ1n) is 11.0. The fourth-order valence-electron chi connectivity index (χ4n) is 3.86. The molecule has 2 aromatic carbocycles. The van der Waals surface area contributed by atoms with Crippen molar-refractivity contribution in [3.63, 3.8) is 0 Å². The normalized spacial score (nSPS) is 15.1. The standard InChI is InChI=1S/C18H21FN4OS.C7H6F2O/c1-12-4-2-6-15(19)17(12)23-9-3-5-13(11-23)18(24)22-14-7-8-21-16(10-14)25-20;1-10-6-4-2-3-5(8)7(6)9/h2,4,6-8,10,13H,3,5,9,11,20H2,1H3,(H,21,22,24);2-4H,1H3. The van der Waals surface area contributed by atoms with Crippen LogP contribution < -0.4 is 20.1 Å². The highest BCUT2D eigenvalue weighted by Gasteiger charge is 2.28. The molecular formula is C25H27F3N4O2S. The number of aryl methyl sites for hydroxylation is 1. The van der Waals surface area contributed by atoms with Crippen molar-refractivity contribution in [2.45, 2.75) is 24.8 Å². The van der Waals surface area contributed by atoms with Crippen molar-refractivity contribution in [2.24, 2.45) is 11.1 Å². The number of anilines is 2. The van der Waals surface area contributed by atoms with Crippen molar-refractivity contribution >= 4 is 29.2 Å². The summed E-state index contributed by atoms with van der Waals surface area (Å²) in [5.41, 5.74) is 2.16. The number of methoxy groups -OCH3 is 1. The molecule has 0 aliphatic carbocycles. The van der Waals surface area contributed by atoms with Crippen molar-refractivity contribution in [2.75, 3.05) is 30.4 Å². The average Bonchev–Trinajstić information content (AvgIpc) is 2.86. The lowest BCUT2D eigenvalue weighted by molar-refractivity contribution is -0.120. The molecule has 1 atom stereocenters. The van der Waals surface area contributed by atoms with Gasteiger partial charge in [-0.05, 0) is 67.6 Å². The number of aromatic nitrogens is 1. The highest BCUT2D eigenvalue weighted by atomic mass is 32.2. The number of carbonyl (C=O) groups excluding carboxylic acids is 1. The largest absolute Gasteiger partial charge is 0.494 e. The molecule has 0 spiro atoms. The first-order valence-corrected chi connectivity index (χ1v) is 11.8. The van der Waals surface area contributed by atoms with Crippen LogP contribution in [0.5, 0.6) is 5.75 Å². The second-order valence-electron chi connectivity index (χ2n) is 7.94. The van der Waals surface area contributed by atoms with Gasteiger partial charge in [-0.2, -0.15) is 4.39 Å². The number of ether oxygens (including phenoxy) is 1. The highest BCUT2D eigenvalue weighted by molar-refractivity contribution is 7.97. The zero-order chi connectivity index (χ0) is 25.4. The molecule has 186 valence electrons. The van der Waals surface area contributed by atoms with E-state index < -0.39 is 11.6 Å². The van der Waals surface area contributed by atoms with E-state index in [1.807, 2.05) is 17.9 Å². The van der Waals surface area contributed by atoms with Crippen LogP contribution in [0.1, 0.15) is 18.4 Å². The Hall–Kier alpha value is -3.24. The Morgan fingerprint density at radius 2 is 1.91 bits per heavy atom. The average molecular weight is 505 g/mol. The topological polar surface area (TPSA) is 80.5 Å². The van der Waals surface area contributed by atoms with E-state index in [1.165, 1.54) is 25.3 Å². The van der Waals surface area contributed by atoms with Crippen LogP contribution in [0.3, 0.4) is 0 Å². The Balaban J connectivity index is 0.000000287. The van der Waals surface area contributed by atoms with Gasteiger partial charge in [-0.3, -0.25) is 9.93 Å². The summed E-state index contributed by atoms with van der Waals surface area (Å²) in [6, 6.07) is 12.3. The number of halogens is 3. The number of amides is 1. The van der Waals surface area contributed by atoms with Gasteiger partial charge in [-0.25, -0.2) is 13.8 Å². The molecule has 0 bridgehead atoms. The maximum Gasteiger partial charge on any atom is 0.229 e. The summed E-state index contributed by atoms with van der Waals surface area (Å²) >= 11 is 1.03. The van der Waals surface area contributed by atoms with Gasteiger partial charge < -0.3 is 15.0 Å². The van der Waals surface area contributed by atoms with Crippen LogP contribution in [0.4, 0.5) is 24.5 Å². The molecule has 10 heteroatoms. The van der Waals surface area contributed by atoms with E-state index in [-0.39, 0.29) is 23.4 Å². The number of hydrogen-bond acceptors (Lipinski definition) is 6. The van der Waals surface area contributed by atoms with E-state index in [2.05, 4.69) is 15.0 Å². The van der Waals surface area contributed by atoms with Gasteiger partial charge in [0.1, 0.15) is 10.8 Å². The van der Waals surface area contributed by atoms with Crippen molar-refractivity contribution < 1.29 is 22.7 Å². The minimum absolute atomic E-state index is 0.0575. The lowest BCUT2D eigenvalue weighted by Gasteiger charge is -2.34. The van der Waals surface area contributed by atoms with Crippen molar-refractivity contribution in [1.82, 2.24) is 4.98 Å². The van der Waals surface area contributed by atoms with E-state index in [4.69, 9.17) is 5.14 Å². The van der Waals surface area contributed by atoms with Crippen LogP contribution in [0.2, 0.25) is 0 Å². The minimum atomic E-state index is -0.940. The van der Waals surface area contributed by atoms with Crippen molar-refractivity contribution in [3.8, 4) is 5.75 Å². The van der Waals surface area contributed by atoms with Gasteiger partial charge >= 0.3 is 0 Å². The van der Waals surface area contributed by atoms with Crippen molar-refractivity contribution in [3.05, 3.63) is 77.7 Å². The van der Waals surface area contributed by atoms with Crippen LogP contribution in [-0.2, 0) is 4.79 Å². The number of pyridine rings is 1. The third kappa shape index (κ3) is 6.89. The van der Waals surface area contributed by atoms with Gasteiger partial charge in [-0.1, -0.05) is 18.2 Å². The van der Waals surface area contributed by atoms with E-state index in [9.17, 15) is 18.0 Å². The number of hydrogen-bond donors (Lipinski definition) is 2. The van der Waals surface area contributed by atoms with Crippen LogP contribution in [-0.4, -0.2) is 31.1 Å². The molecule has 0 radical (unpaired) electrons. The number of benzene rings is 2. The fourth-order valence-corrected chi connectivity index (χ4v) is 4.17. The van der Waals surface area contributed by atoms with Crippen LogP contribution in [0.15, 0.2) is 59.8 Å². The Labute approximate surface area is 206 Å². The van der Waals surface area contributed by atoms with Crippen LogP contribution in [0, 0.1) is 30.3 Å². The molecule has 3 N–H and O–H groups in total. The van der Waals surface area contributed by atoms with Gasteiger partial charge in [0.25, 0.3) is 0 Å². The molecular weight excluding hydrogens is 477 g/mol. The Morgan fingerprint density at radius 3 is 2.60 bits per heavy atom. The number of piperidine rings is 1. The first-order chi connectivity index (χ1) is 16.8. The molecule has 1 saturated heterocycles. The molecule has 2 heterocycles. The first kappa shape index (κ1) is 26.4. The summed E-state index contributed by atoms with van der Waals surface area (Å²) < 4.78 is 43.6. The third-order valence-electron chi connectivity index (χ3n) is 5.56. The maximum absolute atomic E-state index is 14.2. The number of rotatable bonds is 5. The van der Waals surface area contributed by atoms with Crippen LogP contribution in [0.25, 0.3) is 0 Å². The predicted molar refractivity (Wildman–Crippen MR) is 132 cm³/mol. The van der Waals surface area contributed by atoms with Gasteiger partial charge in [0.15, 0.2) is 11.6 Å². The number of para-hydroxylation sites is 1. The highest BCUT2D eigenvalue weighted by Crippen LogP contribution is 2.29. The molecule has 1 fully saturated rings. The lowest BCUT2D eigenvalue weighted by Crippen LogP contribution is -2.41. The number of carbonyl (C=O) groups is 1. The van der Waals surface area contributed by atoms with Gasteiger partial charge in [-0.15, -0.1) is 0 Å². The summed E-state index contributed by atoms with van der Waals surface area (Å²) in [7, 11) is 1.29. The second kappa shape index (κ2) is 12.5. The zero-order valence-corrected chi connectivity index (χ0v) is 20.2. The summed E-state index contributed by atoms with van der Waals surface area (Å²) in [6.07, 6.45) is 3.26. The molecule has 1 amide bonds. The molecule has 1 aliphatic heterocycles. The van der Waals surface area contributed by atoms with Gasteiger partial charge in [0, 0.05) is 25.0 Å². The molecule has 1 aromatic heterocycles. The number of nitrogens with one attached hydrogen (secondary N) is 1. The van der Waals surface area contributed by atoms with Crippen molar-refractivity contribution in [1.29, 1.82) is 0 Å². The number of nitrogens with two attached hydrogens (primary N) is 1. The SMILES string of the molecule is COc1cccc(F)c1F.Cc1cccc(F)c1N1CCCC(C(=O)Nc2ccnc(SN)c2)C1. The molecule has 35 heavy (non-hydrogen) atoms. The number of nitrogens with zero attached hydrogens (tertiary/aromatic N) is 2. The summed E-state index contributed by atoms with van der Waals surface area (Å²) in [6.45, 7) is 3.16. The van der Waals surface area contributed by atoms with E-state index in [0.717, 1.165) is 43.0 Å². The predicted octanol–water partition coefficient (Wildman–Crippen LogP) is 5.32. The molecule has 1 aliphatic rings. The van der Waals surface area contributed by atoms with E-state index in [0.29, 0.717) is 22.9 Å². The van der Waals surface area contributed by atoms with E-state index >= 15 is 0 Å². The second-order valence-corrected chi connectivity index (χ2v) is 8.59. The molecule has 4 rings (SSSR count). The summed E-state index contributed by atoms with van der Waals surface area (Å²) in [4.78, 5) is 18.7. The summed E-state index contributed by atoms with van der Waals surface area (Å²) in [5, 5.41) is 9.07. The van der Waals surface area contributed by atoms with Gasteiger partial charge in [0.2, 0.25) is 11.7 Å². The smallest absolute Gasteiger partial charge is 0.229 e. The zero-order valence-electron chi connectivity index (χ0n) is 19.4. The molecule has 3 aromatic rings. The monoisotopic (exact) mass is 504 g/mol. The van der Waals surface area contributed by atoms with Gasteiger partial charge in [0.05, 0.1) is 18.7 Å². The Kier molecular flexibility index (Phi) is 9.39. The molecule has 6 nitrogen and oxygen atoms in total. The maximum atomic E-state index is 14.2. The summed E-state index contributed by atoms with van der Waals surface area (Å²) in [5.74, 6) is -2.38. The quantitative estimate of drug-likeness (QED) is 0.458. The van der Waals surface area contributed by atoms with E-state index in [1.54, 1.807) is 24.4 Å². The van der Waals surface area contributed by atoms with Crippen LogP contribution >= 0.6 is 11.9 Å². The Morgan fingerprint density at radius 1 is 1.17 bits per heavy atom. The minimum Gasteiger partial charge on any atom is -0.494 e.